The van der Waals surface area contributed by atoms with Gasteiger partial charge in [0.2, 0.25) is 0 Å². The first-order valence-corrected chi connectivity index (χ1v) is 8.08. The highest BCUT2D eigenvalue weighted by atomic mass is 79.9. The fourth-order valence-electron chi connectivity index (χ4n) is 1.95. The zero-order valence-corrected chi connectivity index (χ0v) is 14.6. The van der Waals surface area contributed by atoms with Crippen LogP contribution in [-0.4, -0.2) is 6.61 Å². The number of ether oxygens (including phenoxy) is 1. The summed E-state index contributed by atoms with van der Waals surface area (Å²) in [5.74, 6) is 1.81. The maximum atomic E-state index is 5.71. The van der Waals surface area contributed by atoms with E-state index < -0.39 is 0 Å². The van der Waals surface area contributed by atoms with Gasteiger partial charge in [-0.25, -0.2) is 0 Å². The second-order valence-corrected chi connectivity index (χ2v) is 6.20. The fraction of sp³-hybridized carbons (Fsp3) is 0.333. The van der Waals surface area contributed by atoms with E-state index in [9.17, 15) is 0 Å². The number of halogens is 2. The van der Waals surface area contributed by atoms with Crippen LogP contribution in [0.5, 0.6) is 5.75 Å². The van der Waals surface area contributed by atoms with Crippen LogP contribution in [0.3, 0.4) is 0 Å². The number of nitrogens with one attached hydrogen (secondary N) is 1. The Labute approximate surface area is 136 Å². The summed E-state index contributed by atoms with van der Waals surface area (Å²) in [6.07, 6.45) is 1.69. The van der Waals surface area contributed by atoms with Crippen molar-refractivity contribution >= 4 is 31.9 Å². The van der Waals surface area contributed by atoms with Gasteiger partial charge in [-0.2, -0.15) is 0 Å². The van der Waals surface area contributed by atoms with Crippen LogP contribution in [-0.2, 0) is 6.54 Å². The summed E-state index contributed by atoms with van der Waals surface area (Å²) in [5.41, 5.74) is 1.10. The van der Waals surface area contributed by atoms with Gasteiger partial charge in [-0.15, -0.1) is 0 Å². The summed E-state index contributed by atoms with van der Waals surface area (Å²) < 4.78 is 13.1. The van der Waals surface area contributed by atoms with Gasteiger partial charge in [0.1, 0.15) is 11.5 Å². The smallest absolute Gasteiger partial charge is 0.138 e. The zero-order chi connectivity index (χ0) is 14.5. The van der Waals surface area contributed by atoms with Gasteiger partial charge in [0.25, 0.3) is 0 Å². The Bertz CT molecular complexity index is 555. The minimum atomic E-state index is 0.150. The molecule has 2 aromatic rings. The van der Waals surface area contributed by atoms with Crippen molar-refractivity contribution in [1.82, 2.24) is 5.32 Å². The van der Waals surface area contributed by atoms with E-state index in [-0.39, 0.29) is 6.04 Å². The zero-order valence-electron chi connectivity index (χ0n) is 11.5. The number of hydrogen-bond donors (Lipinski definition) is 1. The lowest BCUT2D eigenvalue weighted by atomic mass is 10.1. The van der Waals surface area contributed by atoms with Crippen molar-refractivity contribution < 1.29 is 9.15 Å². The molecule has 1 N–H and O–H groups in total. The average Bonchev–Trinajstić information content (AvgIpc) is 2.93. The topological polar surface area (TPSA) is 34.4 Å². The second kappa shape index (κ2) is 7.29. The molecule has 0 radical (unpaired) electrons. The molecule has 2 rings (SSSR count). The average molecular weight is 403 g/mol. The quantitative estimate of drug-likeness (QED) is 0.733. The van der Waals surface area contributed by atoms with Gasteiger partial charge in [-0.05, 0) is 54.0 Å². The Kier molecular flexibility index (Phi) is 5.69. The molecule has 1 aromatic carbocycles. The van der Waals surface area contributed by atoms with Gasteiger partial charge in [-0.1, -0.05) is 15.9 Å². The number of furan rings is 1. The van der Waals surface area contributed by atoms with Crippen molar-refractivity contribution in [2.24, 2.45) is 0 Å². The molecule has 1 atom stereocenters. The van der Waals surface area contributed by atoms with Crippen LogP contribution in [0, 0.1) is 0 Å². The molecule has 1 unspecified atom stereocenters. The Morgan fingerprint density at radius 3 is 2.80 bits per heavy atom. The van der Waals surface area contributed by atoms with E-state index in [0.717, 1.165) is 26.0 Å². The van der Waals surface area contributed by atoms with Crippen LogP contribution in [0.4, 0.5) is 0 Å². The maximum Gasteiger partial charge on any atom is 0.138 e. The van der Waals surface area contributed by atoms with E-state index in [1.54, 1.807) is 6.26 Å². The first kappa shape index (κ1) is 15.6. The Morgan fingerprint density at radius 1 is 1.35 bits per heavy atom. The molecule has 0 fully saturated rings. The fourth-order valence-corrected chi connectivity index (χ4v) is 3.38. The van der Waals surface area contributed by atoms with Gasteiger partial charge in [0, 0.05) is 16.6 Å². The van der Waals surface area contributed by atoms with Crippen molar-refractivity contribution in [3.63, 3.8) is 0 Å². The molecular formula is C15H17Br2NO2. The van der Waals surface area contributed by atoms with Crippen LogP contribution < -0.4 is 10.1 Å². The monoisotopic (exact) mass is 401 g/mol. The third kappa shape index (κ3) is 3.87. The van der Waals surface area contributed by atoms with Crippen LogP contribution in [0.1, 0.15) is 31.2 Å². The summed E-state index contributed by atoms with van der Waals surface area (Å²) in [6, 6.07) is 8.08. The van der Waals surface area contributed by atoms with Crippen molar-refractivity contribution in [2.45, 2.75) is 26.4 Å². The van der Waals surface area contributed by atoms with E-state index in [4.69, 9.17) is 9.15 Å². The normalized spacial score (nSPS) is 12.4. The Hall–Kier alpha value is -0.780. The minimum absolute atomic E-state index is 0.150. The lowest BCUT2D eigenvalue weighted by Gasteiger charge is -2.16. The van der Waals surface area contributed by atoms with Crippen LogP contribution in [0.15, 0.2) is 43.9 Å². The van der Waals surface area contributed by atoms with E-state index in [1.165, 1.54) is 0 Å². The number of rotatable bonds is 6. The standard InChI is InChI=1S/C15H17Br2NO2/c1-3-19-15-11(7-12(16)8-13(15)17)9-18-10(2)14-5-4-6-20-14/h4-8,10,18H,3,9H2,1-2H3. The predicted octanol–water partition coefficient (Wildman–Crippen LogP) is 5.05. The van der Waals surface area contributed by atoms with Crippen molar-refractivity contribution in [3.05, 3.63) is 50.8 Å². The first-order valence-electron chi connectivity index (χ1n) is 6.49. The Balaban J connectivity index is 2.12. The summed E-state index contributed by atoms with van der Waals surface area (Å²) in [4.78, 5) is 0. The largest absolute Gasteiger partial charge is 0.492 e. The summed E-state index contributed by atoms with van der Waals surface area (Å²) in [6.45, 7) is 5.40. The molecule has 0 aliphatic carbocycles. The molecular weight excluding hydrogens is 386 g/mol. The minimum Gasteiger partial charge on any atom is -0.492 e. The third-order valence-electron chi connectivity index (χ3n) is 2.94. The first-order chi connectivity index (χ1) is 9.61. The number of benzene rings is 1. The van der Waals surface area contributed by atoms with E-state index >= 15 is 0 Å². The van der Waals surface area contributed by atoms with Crippen molar-refractivity contribution in [1.29, 1.82) is 0 Å². The highest BCUT2D eigenvalue weighted by Crippen LogP contribution is 2.33. The van der Waals surface area contributed by atoms with E-state index in [1.807, 2.05) is 25.1 Å². The molecule has 20 heavy (non-hydrogen) atoms. The SMILES string of the molecule is CCOc1c(Br)cc(Br)cc1CNC(C)c1ccco1. The second-order valence-electron chi connectivity index (χ2n) is 4.43. The molecule has 0 amide bonds. The molecule has 5 heteroatoms. The van der Waals surface area contributed by atoms with Gasteiger partial charge in [0.15, 0.2) is 0 Å². The van der Waals surface area contributed by atoms with Gasteiger partial charge in [0.05, 0.1) is 23.4 Å². The molecule has 0 bridgehead atoms. The molecule has 0 saturated carbocycles. The summed E-state index contributed by atoms with van der Waals surface area (Å²) >= 11 is 7.06. The van der Waals surface area contributed by atoms with Gasteiger partial charge in [-0.3, -0.25) is 0 Å². The lowest BCUT2D eigenvalue weighted by molar-refractivity contribution is 0.331. The Morgan fingerprint density at radius 2 is 2.15 bits per heavy atom. The van der Waals surface area contributed by atoms with Crippen LogP contribution in [0.25, 0.3) is 0 Å². The molecule has 0 aliphatic rings. The lowest BCUT2D eigenvalue weighted by Crippen LogP contribution is -2.18. The molecule has 0 spiro atoms. The van der Waals surface area contributed by atoms with E-state index in [0.29, 0.717) is 13.2 Å². The van der Waals surface area contributed by atoms with Gasteiger partial charge < -0.3 is 14.5 Å². The molecule has 3 nitrogen and oxygen atoms in total. The van der Waals surface area contributed by atoms with Crippen molar-refractivity contribution in [3.8, 4) is 5.75 Å². The molecule has 1 heterocycles. The van der Waals surface area contributed by atoms with E-state index in [2.05, 4.69) is 50.2 Å². The summed E-state index contributed by atoms with van der Waals surface area (Å²) in [5, 5.41) is 3.44. The highest BCUT2D eigenvalue weighted by molar-refractivity contribution is 9.11. The summed E-state index contributed by atoms with van der Waals surface area (Å²) in [7, 11) is 0. The van der Waals surface area contributed by atoms with Crippen LogP contribution >= 0.6 is 31.9 Å². The van der Waals surface area contributed by atoms with Crippen molar-refractivity contribution in [2.75, 3.05) is 6.61 Å². The molecule has 1 aromatic heterocycles. The van der Waals surface area contributed by atoms with Crippen LogP contribution in [0.2, 0.25) is 0 Å². The molecule has 0 aliphatic heterocycles. The third-order valence-corrected chi connectivity index (χ3v) is 3.99. The van der Waals surface area contributed by atoms with Gasteiger partial charge >= 0.3 is 0 Å². The number of hydrogen-bond acceptors (Lipinski definition) is 3. The molecule has 108 valence electrons. The maximum absolute atomic E-state index is 5.71. The highest BCUT2D eigenvalue weighted by Gasteiger charge is 2.12. The molecule has 0 saturated heterocycles. The predicted molar refractivity (Wildman–Crippen MR) is 87.0 cm³/mol.